The van der Waals surface area contributed by atoms with Gasteiger partial charge in [0.1, 0.15) is 5.15 Å². The molecule has 0 saturated heterocycles. The molecule has 0 bridgehead atoms. The zero-order valence-corrected chi connectivity index (χ0v) is 12.1. The van der Waals surface area contributed by atoms with Crippen molar-refractivity contribution >= 4 is 27.5 Å². The van der Waals surface area contributed by atoms with Gasteiger partial charge in [0.2, 0.25) is 0 Å². The second kappa shape index (κ2) is 5.15. The Bertz CT molecular complexity index is 692. The molecule has 0 aliphatic carbocycles. The topological polar surface area (TPSA) is 30.7 Å². The van der Waals surface area contributed by atoms with Gasteiger partial charge in [0.05, 0.1) is 5.69 Å². The maximum absolute atomic E-state index is 6.22. The van der Waals surface area contributed by atoms with Gasteiger partial charge >= 0.3 is 0 Å². The van der Waals surface area contributed by atoms with Crippen LogP contribution in [0.4, 0.5) is 0 Å². The SMILES string of the molecule is Clc1cc(-c2ccccc2)nn1-c1ccc(Br)cn1. The molecule has 0 amide bonds. The first kappa shape index (κ1) is 12.4. The molecular weight excluding hydrogens is 326 g/mol. The van der Waals surface area contributed by atoms with Gasteiger partial charge in [-0.2, -0.15) is 5.10 Å². The van der Waals surface area contributed by atoms with Crippen LogP contribution in [0.2, 0.25) is 5.15 Å². The second-order valence-corrected chi connectivity index (χ2v) is 5.27. The lowest BCUT2D eigenvalue weighted by Crippen LogP contribution is -1.99. The van der Waals surface area contributed by atoms with Crippen molar-refractivity contribution < 1.29 is 0 Å². The lowest BCUT2D eigenvalue weighted by molar-refractivity contribution is 0.850. The van der Waals surface area contributed by atoms with Crippen LogP contribution >= 0.6 is 27.5 Å². The first-order valence-corrected chi connectivity index (χ1v) is 6.84. The largest absolute Gasteiger partial charge is 0.236 e. The average Bonchev–Trinajstić information content (AvgIpc) is 2.83. The van der Waals surface area contributed by atoms with Crippen LogP contribution in [0.15, 0.2) is 59.2 Å². The van der Waals surface area contributed by atoms with Crippen molar-refractivity contribution in [1.82, 2.24) is 14.8 Å². The minimum atomic E-state index is 0.536. The number of rotatable bonds is 2. The van der Waals surface area contributed by atoms with Crippen molar-refractivity contribution in [2.75, 3.05) is 0 Å². The van der Waals surface area contributed by atoms with Crippen molar-refractivity contribution in [1.29, 1.82) is 0 Å². The maximum Gasteiger partial charge on any atom is 0.155 e. The summed E-state index contributed by atoms with van der Waals surface area (Å²) in [5, 5.41) is 5.02. The van der Waals surface area contributed by atoms with Gasteiger partial charge in [-0.15, -0.1) is 0 Å². The lowest BCUT2D eigenvalue weighted by Gasteiger charge is -2.01. The summed E-state index contributed by atoms with van der Waals surface area (Å²) < 4.78 is 2.54. The van der Waals surface area contributed by atoms with E-state index < -0.39 is 0 Å². The van der Waals surface area contributed by atoms with Crippen LogP contribution in [-0.4, -0.2) is 14.8 Å². The van der Waals surface area contributed by atoms with Crippen LogP contribution in [0, 0.1) is 0 Å². The van der Waals surface area contributed by atoms with Crippen molar-refractivity contribution in [2.45, 2.75) is 0 Å². The van der Waals surface area contributed by atoms with Crippen LogP contribution in [0.5, 0.6) is 0 Å². The zero-order valence-electron chi connectivity index (χ0n) is 9.79. The van der Waals surface area contributed by atoms with E-state index in [2.05, 4.69) is 26.0 Å². The fraction of sp³-hybridized carbons (Fsp3) is 0. The summed E-state index contributed by atoms with van der Waals surface area (Å²) in [6.45, 7) is 0. The second-order valence-electron chi connectivity index (χ2n) is 3.96. The summed E-state index contributed by atoms with van der Waals surface area (Å²) in [6, 6.07) is 15.5. The zero-order chi connectivity index (χ0) is 13.2. The van der Waals surface area contributed by atoms with E-state index in [-0.39, 0.29) is 0 Å². The Labute approximate surface area is 124 Å². The van der Waals surface area contributed by atoms with Crippen LogP contribution in [0.3, 0.4) is 0 Å². The summed E-state index contributed by atoms with van der Waals surface area (Å²) in [5.41, 5.74) is 1.86. The molecule has 0 atom stereocenters. The number of halogens is 2. The highest BCUT2D eigenvalue weighted by Gasteiger charge is 2.09. The van der Waals surface area contributed by atoms with E-state index in [1.54, 1.807) is 10.9 Å². The molecule has 0 radical (unpaired) electrons. The molecule has 0 saturated carbocycles. The third-order valence-electron chi connectivity index (χ3n) is 2.66. The van der Waals surface area contributed by atoms with E-state index in [1.807, 2.05) is 48.5 Å². The lowest BCUT2D eigenvalue weighted by atomic mass is 10.2. The number of nitrogens with zero attached hydrogens (tertiary/aromatic N) is 3. The number of hydrogen-bond acceptors (Lipinski definition) is 2. The third kappa shape index (κ3) is 2.55. The fourth-order valence-corrected chi connectivity index (χ4v) is 2.22. The third-order valence-corrected chi connectivity index (χ3v) is 3.40. The van der Waals surface area contributed by atoms with Gasteiger partial charge < -0.3 is 0 Å². The molecule has 3 rings (SSSR count). The fourth-order valence-electron chi connectivity index (χ4n) is 1.76. The van der Waals surface area contributed by atoms with Gasteiger partial charge in [-0.3, -0.25) is 0 Å². The molecule has 5 heteroatoms. The van der Waals surface area contributed by atoms with E-state index >= 15 is 0 Å². The van der Waals surface area contributed by atoms with Crippen LogP contribution in [0.25, 0.3) is 17.1 Å². The van der Waals surface area contributed by atoms with E-state index in [0.717, 1.165) is 15.7 Å². The molecule has 2 aromatic heterocycles. The Morgan fingerprint density at radius 1 is 1.05 bits per heavy atom. The monoisotopic (exact) mass is 333 g/mol. The van der Waals surface area contributed by atoms with Crippen LogP contribution in [0.1, 0.15) is 0 Å². The highest BCUT2D eigenvalue weighted by Crippen LogP contribution is 2.24. The number of benzene rings is 1. The quantitative estimate of drug-likeness (QED) is 0.697. The Morgan fingerprint density at radius 3 is 2.53 bits per heavy atom. The molecule has 0 aliphatic rings. The van der Waals surface area contributed by atoms with E-state index in [4.69, 9.17) is 11.6 Å². The summed E-state index contributed by atoms with van der Waals surface area (Å²) in [6.07, 6.45) is 1.72. The Hall–Kier alpha value is -1.65. The van der Waals surface area contributed by atoms with Gasteiger partial charge in [0.25, 0.3) is 0 Å². The van der Waals surface area contributed by atoms with Gasteiger partial charge in [-0.25, -0.2) is 9.67 Å². The van der Waals surface area contributed by atoms with E-state index in [9.17, 15) is 0 Å². The molecule has 3 aromatic rings. The number of pyridine rings is 1. The van der Waals surface area contributed by atoms with Crippen molar-refractivity contribution in [2.24, 2.45) is 0 Å². The molecule has 0 N–H and O–H groups in total. The van der Waals surface area contributed by atoms with Gasteiger partial charge in [0.15, 0.2) is 5.82 Å². The van der Waals surface area contributed by atoms with Gasteiger partial charge in [0, 0.05) is 22.3 Å². The molecule has 0 aliphatic heterocycles. The first-order chi connectivity index (χ1) is 9.24. The van der Waals surface area contributed by atoms with Crippen molar-refractivity contribution in [3.05, 3.63) is 64.4 Å². The van der Waals surface area contributed by atoms with E-state index in [0.29, 0.717) is 11.0 Å². The molecule has 19 heavy (non-hydrogen) atoms. The maximum atomic E-state index is 6.22. The minimum Gasteiger partial charge on any atom is -0.236 e. The Kier molecular flexibility index (Phi) is 3.36. The highest BCUT2D eigenvalue weighted by atomic mass is 79.9. The smallest absolute Gasteiger partial charge is 0.155 e. The minimum absolute atomic E-state index is 0.536. The summed E-state index contributed by atoms with van der Waals surface area (Å²) in [4.78, 5) is 4.29. The molecule has 94 valence electrons. The number of hydrogen-bond donors (Lipinski definition) is 0. The normalized spacial score (nSPS) is 10.6. The molecule has 3 nitrogen and oxygen atoms in total. The van der Waals surface area contributed by atoms with Crippen LogP contribution < -0.4 is 0 Å². The summed E-state index contributed by atoms with van der Waals surface area (Å²) in [7, 11) is 0. The Balaban J connectivity index is 2.05. The van der Waals surface area contributed by atoms with Crippen molar-refractivity contribution in [3.63, 3.8) is 0 Å². The first-order valence-electron chi connectivity index (χ1n) is 5.67. The summed E-state index contributed by atoms with van der Waals surface area (Å²) in [5.74, 6) is 0.690. The molecule has 0 fully saturated rings. The van der Waals surface area contributed by atoms with Gasteiger partial charge in [-0.05, 0) is 28.1 Å². The van der Waals surface area contributed by atoms with Gasteiger partial charge in [-0.1, -0.05) is 41.9 Å². The predicted molar refractivity (Wildman–Crippen MR) is 79.5 cm³/mol. The number of aromatic nitrogens is 3. The average molecular weight is 335 g/mol. The Morgan fingerprint density at radius 2 is 1.84 bits per heavy atom. The molecule has 0 spiro atoms. The molecular formula is C14H9BrClN3. The molecule has 2 heterocycles. The summed E-state index contributed by atoms with van der Waals surface area (Å²) >= 11 is 9.57. The standard InChI is InChI=1S/C14H9BrClN3/c15-11-6-7-14(17-9-11)19-13(16)8-12(18-19)10-4-2-1-3-5-10/h1-9H. The molecule has 0 unspecified atom stereocenters. The highest BCUT2D eigenvalue weighted by molar-refractivity contribution is 9.10. The van der Waals surface area contributed by atoms with Crippen LogP contribution in [-0.2, 0) is 0 Å². The van der Waals surface area contributed by atoms with E-state index in [1.165, 1.54) is 0 Å². The molecule has 1 aromatic carbocycles. The predicted octanol–water partition coefficient (Wildman–Crippen LogP) is 4.35. The van der Waals surface area contributed by atoms with Crippen molar-refractivity contribution in [3.8, 4) is 17.1 Å².